The molecule has 0 aliphatic carbocycles. The molecular formula is C13H18N2O2. The van der Waals surface area contributed by atoms with Crippen LogP contribution in [0.25, 0.3) is 0 Å². The van der Waals surface area contributed by atoms with Gasteiger partial charge in [-0.3, -0.25) is 4.98 Å². The van der Waals surface area contributed by atoms with Crippen molar-refractivity contribution in [1.82, 2.24) is 4.98 Å². The Kier molecular flexibility index (Phi) is 3.31. The van der Waals surface area contributed by atoms with Gasteiger partial charge in [-0.15, -0.1) is 0 Å². The molecule has 1 aromatic heterocycles. The molecule has 0 saturated carbocycles. The molecule has 4 nitrogen and oxygen atoms in total. The Labute approximate surface area is 101 Å². The van der Waals surface area contributed by atoms with Crippen molar-refractivity contribution in [3.8, 4) is 0 Å². The van der Waals surface area contributed by atoms with Gasteiger partial charge in [0.05, 0.1) is 17.4 Å². The lowest BCUT2D eigenvalue weighted by Crippen LogP contribution is -2.44. The Balaban J connectivity index is 2.41. The van der Waals surface area contributed by atoms with E-state index in [1.54, 1.807) is 12.3 Å². The Morgan fingerprint density at radius 3 is 2.65 bits per heavy atom. The summed E-state index contributed by atoms with van der Waals surface area (Å²) in [5, 5.41) is 9.21. The number of carboxylic acid groups (broad SMARTS) is 1. The monoisotopic (exact) mass is 234 g/mol. The fourth-order valence-corrected chi connectivity index (χ4v) is 2.67. The fourth-order valence-electron chi connectivity index (χ4n) is 2.67. The molecule has 1 aliphatic rings. The number of carbonyl (C=O) groups is 1. The molecule has 2 heterocycles. The Morgan fingerprint density at radius 1 is 1.41 bits per heavy atom. The highest BCUT2D eigenvalue weighted by Crippen LogP contribution is 2.30. The highest BCUT2D eigenvalue weighted by Gasteiger charge is 2.27. The minimum atomic E-state index is -0.882. The number of piperidine rings is 1. The summed E-state index contributed by atoms with van der Waals surface area (Å²) in [6.07, 6.45) is 6.63. The van der Waals surface area contributed by atoms with Crippen LogP contribution >= 0.6 is 0 Å². The van der Waals surface area contributed by atoms with Crippen LogP contribution in [0.3, 0.4) is 0 Å². The summed E-state index contributed by atoms with van der Waals surface area (Å²) >= 11 is 0. The molecule has 1 aromatic rings. The zero-order valence-electron chi connectivity index (χ0n) is 10.3. The molecule has 0 aromatic carbocycles. The maximum absolute atomic E-state index is 11.2. The van der Waals surface area contributed by atoms with E-state index in [2.05, 4.69) is 23.7 Å². The summed E-state index contributed by atoms with van der Waals surface area (Å²) < 4.78 is 0. The number of aromatic nitrogens is 1. The quantitative estimate of drug-likeness (QED) is 0.854. The van der Waals surface area contributed by atoms with E-state index in [4.69, 9.17) is 0 Å². The number of hydrogen-bond acceptors (Lipinski definition) is 3. The predicted octanol–water partition coefficient (Wildman–Crippen LogP) is 2.55. The number of anilines is 1. The number of aromatic carboxylic acids is 1. The third kappa shape index (κ3) is 2.25. The summed E-state index contributed by atoms with van der Waals surface area (Å²) in [7, 11) is 0. The second-order valence-corrected chi connectivity index (χ2v) is 4.73. The lowest BCUT2D eigenvalue weighted by atomic mass is 9.96. The highest BCUT2D eigenvalue weighted by molar-refractivity contribution is 5.94. The Bertz CT molecular complexity index is 410. The molecular weight excluding hydrogens is 216 g/mol. The van der Waals surface area contributed by atoms with Gasteiger partial charge in [0, 0.05) is 18.3 Å². The lowest BCUT2D eigenvalue weighted by Gasteiger charge is -2.41. The van der Waals surface area contributed by atoms with E-state index in [-0.39, 0.29) is 0 Å². The molecule has 4 heteroatoms. The van der Waals surface area contributed by atoms with Gasteiger partial charge < -0.3 is 10.0 Å². The van der Waals surface area contributed by atoms with Gasteiger partial charge in [-0.2, -0.15) is 0 Å². The number of carboxylic acids is 1. The van der Waals surface area contributed by atoms with E-state index in [0.29, 0.717) is 17.6 Å². The van der Waals surface area contributed by atoms with Gasteiger partial charge in [-0.05, 0) is 39.2 Å². The molecule has 1 saturated heterocycles. The minimum absolute atomic E-state index is 0.348. The van der Waals surface area contributed by atoms with Crippen molar-refractivity contribution >= 4 is 11.7 Å². The lowest BCUT2D eigenvalue weighted by molar-refractivity contribution is 0.0697. The summed E-state index contributed by atoms with van der Waals surface area (Å²) in [6, 6.07) is 2.33. The van der Waals surface area contributed by atoms with Crippen LogP contribution in [-0.2, 0) is 0 Å². The van der Waals surface area contributed by atoms with Crippen LogP contribution in [0.2, 0.25) is 0 Å². The minimum Gasteiger partial charge on any atom is -0.478 e. The molecule has 92 valence electrons. The van der Waals surface area contributed by atoms with E-state index >= 15 is 0 Å². The first-order valence-corrected chi connectivity index (χ1v) is 6.07. The maximum Gasteiger partial charge on any atom is 0.337 e. The molecule has 1 fully saturated rings. The second kappa shape index (κ2) is 4.73. The van der Waals surface area contributed by atoms with Gasteiger partial charge in [0.25, 0.3) is 0 Å². The van der Waals surface area contributed by atoms with Crippen molar-refractivity contribution in [2.24, 2.45) is 0 Å². The topological polar surface area (TPSA) is 53.4 Å². The Hall–Kier alpha value is -1.58. The van der Waals surface area contributed by atoms with Crippen molar-refractivity contribution in [1.29, 1.82) is 0 Å². The van der Waals surface area contributed by atoms with E-state index in [1.807, 2.05) is 0 Å². The van der Waals surface area contributed by atoms with E-state index < -0.39 is 5.97 Å². The second-order valence-electron chi connectivity index (χ2n) is 4.73. The third-order valence-electron chi connectivity index (χ3n) is 3.50. The summed E-state index contributed by atoms with van der Waals surface area (Å²) in [6.45, 7) is 4.29. The smallest absolute Gasteiger partial charge is 0.337 e. The maximum atomic E-state index is 11.2. The van der Waals surface area contributed by atoms with Crippen LogP contribution in [0.5, 0.6) is 0 Å². The van der Waals surface area contributed by atoms with Gasteiger partial charge in [-0.1, -0.05) is 0 Å². The zero-order chi connectivity index (χ0) is 12.4. The molecule has 0 spiro atoms. The summed E-state index contributed by atoms with van der Waals surface area (Å²) in [5.74, 6) is -0.882. The van der Waals surface area contributed by atoms with Gasteiger partial charge >= 0.3 is 5.97 Å². The van der Waals surface area contributed by atoms with Crippen LogP contribution in [-0.4, -0.2) is 28.1 Å². The van der Waals surface area contributed by atoms with E-state index in [9.17, 15) is 9.90 Å². The number of pyridine rings is 1. The third-order valence-corrected chi connectivity index (χ3v) is 3.50. The van der Waals surface area contributed by atoms with Gasteiger partial charge in [0.1, 0.15) is 0 Å². The van der Waals surface area contributed by atoms with Crippen molar-refractivity contribution in [2.45, 2.75) is 45.2 Å². The van der Waals surface area contributed by atoms with Crippen molar-refractivity contribution in [3.63, 3.8) is 0 Å². The standard InChI is InChI=1S/C13H18N2O2/c1-9-4-3-5-10(2)15(9)12-8-14-7-6-11(12)13(16)17/h6-10H,3-5H2,1-2H3,(H,16,17)/t9-,10+. The fraction of sp³-hybridized carbons (Fsp3) is 0.538. The molecule has 1 aliphatic heterocycles. The average Bonchev–Trinajstić information content (AvgIpc) is 2.29. The van der Waals surface area contributed by atoms with Gasteiger partial charge in [-0.25, -0.2) is 4.79 Å². The van der Waals surface area contributed by atoms with Crippen molar-refractivity contribution < 1.29 is 9.90 Å². The molecule has 2 rings (SSSR count). The molecule has 0 amide bonds. The van der Waals surface area contributed by atoms with Crippen molar-refractivity contribution in [3.05, 3.63) is 24.0 Å². The molecule has 0 unspecified atom stereocenters. The SMILES string of the molecule is C[C@@H]1CCC[C@H](C)N1c1cnccc1C(=O)O. The Morgan fingerprint density at radius 2 is 2.06 bits per heavy atom. The number of nitrogens with zero attached hydrogens (tertiary/aromatic N) is 2. The summed E-state index contributed by atoms with van der Waals surface area (Å²) in [5.41, 5.74) is 1.10. The molecule has 2 atom stereocenters. The number of rotatable bonds is 2. The van der Waals surface area contributed by atoms with Crippen LogP contribution in [0.1, 0.15) is 43.5 Å². The molecule has 0 bridgehead atoms. The van der Waals surface area contributed by atoms with Crippen molar-refractivity contribution in [2.75, 3.05) is 4.90 Å². The van der Waals surface area contributed by atoms with E-state index in [0.717, 1.165) is 18.5 Å². The largest absolute Gasteiger partial charge is 0.478 e. The molecule has 0 radical (unpaired) electrons. The van der Waals surface area contributed by atoms with Gasteiger partial charge in [0.2, 0.25) is 0 Å². The van der Waals surface area contributed by atoms with Crippen LogP contribution in [0.4, 0.5) is 5.69 Å². The highest BCUT2D eigenvalue weighted by atomic mass is 16.4. The van der Waals surface area contributed by atoms with Crippen LogP contribution < -0.4 is 4.90 Å². The molecule has 1 N–H and O–H groups in total. The average molecular weight is 234 g/mol. The van der Waals surface area contributed by atoms with Gasteiger partial charge in [0.15, 0.2) is 0 Å². The number of hydrogen-bond donors (Lipinski definition) is 1. The first-order valence-electron chi connectivity index (χ1n) is 6.07. The van der Waals surface area contributed by atoms with Crippen LogP contribution in [0.15, 0.2) is 18.5 Å². The predicted molar refractivity (Wildman–Crippen MR) is 66.5 cm³/mol. The first-order chi connectivity index (χ1) is 8.11. The summed E-state index contributed by atoms with van der Waals surface area (Å²) in [4.78, 5) is 17.5. The zero-order valence-corrected chi connectivity index (χ0v) is 10.3. The first kappa shape index (κ1) is 11.9. The van der Waals surface area contributed by atoms with Crippen LogP contribution in [0, 0.1) is 0 Å². The normalized spacial score (nSPS) is 24.7. The molecule has 17 heavy (non-hydrogen) atoms. The van der Waals surface area contributed by atoms with E-state index in [1.165, 1.54) is 12.6 Å².